The van der Waals surface area contributed by atoms with Crippen LogP contribution in [0.3, 0.4) is 0 Å². The van der Waals surface area contributed by atoms with Crippen LogP contribution < -0.4 is 0 Å². The van der Waals surface area contributed by atoms with Crippen LogP contribution in [0.2, 0.25) is 0 Å². The molecular weight excluding hydrogens is 391 g/mol. The van der Waals surface area contributed by atoms with Gasteiger partial charge in [-0.05, 0) is 51.6 Å². The van der Waals surface area contributed by atoms with Crippen molar-refractivity contribution in [3.05, 3.63) is 0 Å². The van der Waals surface area contributed by atoms with Crippen LogP contribution >= 0.6 is 12.4 Å². The van der Waals surface area contributed by atoms with Crippen molar-refractivity contribution in [2.45, 2.75) is 57.2 Å². The van der Waals surface area contributed by atoms with Gasteiger partial charge in [-0.3, -0.25) is 0 Å². The Morgan fingerprint density at radius 2 is 1.19 bits per heavy atom. The Morgan fingerprint density at radius 3 is 1.65 bits per heavy atom. The molecule has 26 heavy (non-hydrogen) atoms. The van der Waals surface area contributed by atoms with Gasteiger partial charge < -0.3 is 4.90 Å². The van der Waals surface area contributed by atoms with E-state index in [0.29, 0.717) is 19.1 Å². The molecule has 3 aliphatic rings. The van der Waals surface area contributed by atoms with Crippen molar-refractivity contribution >= 4 is 22.6 Å². The van der Waals surface area contributed by atoms with Crippen molar-refractivity contribution < 1.29 is 21.6 Å². The summed E-state index contributed by atoms with van der Waals surface area (Å²) in [6.45, 7) is 3.09. The summed E-state index contributed by atoms with van der Waals surface area (Å²) in [4.78, 5) is 2.47. The molecule has 0 aromatic heterocycles. The molecule has 0 aliphatic carbocycles. The van der Waals surface area contributed by atoms with Crippen LogP contribution in [-0.2, 0) is 10.2 Å². The quantitative estimate of drug-likeness (QED) is 0.706. The molecule has 3 aliphatic heterocycles. The Kier molecular flexibility index (Phi) is 7.63. The van der Waals surface area contributed by atoms with Crippen LogP contribution in [0.4, 0.5) is 13.2 Å². The highest BCUT2D eigenvalue weighted by Gasteiger charge is 2.44. The lowest BCUT2D eigenvalue weighted by Crippen LogP contribution is -2.53. The van der Waals surface area contributed by atoms with Gasteiger partial charge >= 0.3 is 6.18 Å². The van der Waals surface area contributed by atoms with Crippen LogP contribution in [0.15, 0.2) is 0 Å². The second kappa shape index (κ2) is 8.94. The molecule has 0 aromatic rings. The van der Waals surface area contributed by atoms with Gasteiger partial charge in [0.25, 0.3) is 10.2 Å². The third kappa shape index (κ3) is 5.04. The fraction of sp³-hybridized carbons (Fsp3) is 1.00. The van der Waals surface area contributed by atoms with E-state index in [0.717, 1.165) is 25.9 Å². The average molecular weight is 420 g/mol. The highest BCUT2D eigenvalue weighted by Crippen LogP contribution is 2.35. The second-order valence-electron chi connectivity index (χ2n) is 7.45. The molecule has 0 atom stereocenters. The molecule has 0 spiro atoms. The maximum Gasteiger partial charge on any atom is 0.391 e. The summed E-state index contributed by atoms with van der Waals surface area (Å²) < 4.78 is 66.5. The zero-order valence-corrected chi connectivity index (χ0v) is 16.6. The highest BCUT2D eigenvalue weighted by atomic mass is 35.5. The summed E-state index contributed by atoms with van der Waals surface area (Å²) in [6, 6.07) is 0.447. The Bertz CT molecular complexity index is 539. The zero-order valence-electron chi connectivity index (χ0n) is 15.0. The lowest BCUT2D eigenvalue weighted by Gasteiger charge is -2.41. The number of piperidine rings is 3. The van der Waals surface area contributed by atoms with E-state index >= 15 is 0 Å². The van der Waals surface area contributed by atoms with Gasteiger partial charge in [-0.15, -0.1) is 12.4 Å². The van der Waals surface area contributed by atoms with Crippen LogP contribution in [0.25, 0.3) is 0 Å². The smallest absolute Gasteiger partial charge is 0.300 e. The van der Waals surface area contributed by atoms with Gasteiger partial charge in [0.1, 0.15) is 0 Å². The Labute approximate surface area is 160 Å². The minimum atomic E-state index is -4.22. The molecule has 0 saturated carbocycles. The molecule has 3 heterocycles. The number of rotatable bonds is 3. The summed E-state index contributed by atoms with van der Waals surface area (Å²) in [5, 5.41) is 0. The Morgan fingerprint density at radius 1 is 0.731 bits per heavy atom. The van der Waals surface area contributed by atoms with Crippen molar-refractivity contribution in [1.29, 1.82) is 0 Å². The topological polar surface area (TPSA) is 43.9 Å². The van der Waals surface area contributed by atoms with E-state index in [9.17, 15) is 21.6 Å². The zero-order chi connectivity index (χ0) is 18.1. The molecule has 0 unspecified atom stereocenters. The molecule has 0 radical (unpaired) electrons. The molecule has 0 bridgehead atoms. The van der Waals surface area contributed by atoms with Crippen LogP contribution in [0, 0.1) is 5.92 Å². The molecule has 3 rings (SSSR count). The van der Waals surface area contributed by atoms with E-state index in [-0.39, 0.29) is 38.3 Å². The number of hydrogen-bond donors (Lipinski definition) is 0. The minimum Gasteiger partial charge on any atom is -0.300 e. The second-order valence-corrected chi connectivity index (χ2v) is 9.38. The number of halogens is 4. The largest absolute Gasteiger partial charge is 0.391 e. The summed E-state index contributed by atoms with van der Waals surface area (Å²) in [7, 11) is -3.63. The fourth-order valence-electron chi connectivity index (χ4n) is 4.30. The van der Waals surface area contributed by atoms with Gasteiger partial charge in [0.05, 0.1) is 5.92 Å². The Balaban J connectivity index is 0.00000243. The van der Waals surface area contributed by atoms with E-state index in [2.05, 4.69) is 4.90 Å². The van der Waals surface area contributed by atoms with E-state index in [1.165, 1.54) is 27.9 Å². The molecule has 3 fully saturated rings. The van der Waals surface area contributed by atoms with Gasteiger partial charge in [0, 0.05) is 32.2 Å². The summed E-state index contributed by atoms with van der Waals surface area (Å²) >= 11 is 0. The first-order chi connectivity index (χ1) is 11.8. The maximum atomic E-state index is 12.8. The van der Waals surface area contributed by atoms with Gasteiger partial charge in [-0.25, -0.2) is 0 Å². The summed E-state index contributed by atoms with van der Waals surface area (Å²) in [5.74, 6) is -1.37. The predicted octanol–water partition coefficient (Wildman–Crippen LogP) is 2.88. The molecule has 10 heteroatoms. The van der Waals surface area contributed by atoms with Crippen molar-refractivity contribution in [3.63, 3.8) is 0 Å². The lowest BCUT2D eigenvalue weighted by atomic mass is 9.98. The number of alkyl halides is 3. The third-order valence-corrected chi connectivity index (χ3v) is 7.94. The number of hydrogen-bond acceptors (Lipinski definition) is 3. The van der Waals surface area contributed by atoms with E-state index in [1.54, 1.807) is 0 Å². The highest BCUT2D eigenvalue weighted by molar-refractivity contribution is 7.86. The molecule has 0 N–H and O–H groups in total. The average Bonchev–Trinajstić information content (AvgIpc) is 2.62. The number of likely N-dealkylation sites (tertiary alicyclic amines) is 1. The predicted molar refractivity (Wildman–Crippen MR) is 96.5 cm³/mol. The van der Waals surface area contributed by atoms with Crippen molar-refractivity contribution in [3.8, 4) is 0 Å². The molecule has 3 saturated heterocycles. The van der Waals surface area contributed by atoms with Crippen LogP contribution in [-0.4, -0.2) is 73.4 Å². The van der Waals surface area contributed by atoms with Gasteiger partial charge in [-0.2, -0.15) is 30.2 Å². The van der Waals surface area contributed by atoms with E-state index in [4.69, 9.17) is 0 Å². The van der Waals surface area contributed by atoms with E-state index < -0.39 is 22.3 Å². The molecule has 0 amide bonds. The monoisotopic (exact) mass is 419 g/mol. The first kappa shape index (κ1) is 22.2. The molecule has 0 aromatic carbocycles. The molecular formula is C16H29ClF3N3O2S. The normalized spacial score (nSPS) is 26.6. The van der Waals surface area contributed by atoms with Gasteiger partial charge in [-0.1, -0.05) is 6.42 Å². The molecule has 5 nitrogen and oxygen atoms in total. The maximum absolute atomic E-state index is 12.8. The van der Waals surface area contributed by atoms with Crippen molar-refractivity contribution in [2.75, 3.05) is 39.3 Å². The van der Waals surface area contributed by atoms with Gasteiger partial charge in [0.15, 0.2) is 0 Å². The number of nitrogens with zero attached hydrogens (tertiary/aromatic N) is 3. The Hall–Kier alpha value is -0.0900. The van der Waals surface area contributed by atoms with E-state index in [1.807, 2.05) is 0 Å². The van der Waals surface area contributed by atoms with Crippen LogP contribution in [0.5, 0.6) is 0 Å². The SMILES string of the molecule is Cl.O=S(=O)(N1CCC(N2CCCCC2)CC1)N1CCC(C(F)(F)F)CC1. The lowest BCUT2D eigenvalue weighted by molar-refractivity contribution is -0.182. The third-order valence-electron chi connectivity index (χ3n) is 5.90. The molecule has 154 valence electrons. The summed E-state index contributed by atoms with van der Waals surface area (Å²) in [5.41, 5.74) is 0. The minimum absolute atomic E-state index is 0. The first-order valence-corrected chi connectivity index (χ1v) is 10.7. The fourth-order valence-corrected chi connectivity index (χ4v) is 5.97. The van der Waals surface area contributed by atoms with Crippen molar-refractivity contribution in [1.82, 2.24) is 13.5 Å². The first-order valence-electron chi connectivity index (χ1n) is 9.34. The van der Waals surface area contributed by atoms with Crippen molar-refractivity contribution in [2.24, 2.45) is 5.92 Å². The standard InChI is InChI=1S/C16H28F3N3O2S.ClH/c17-16(18,19)14-4-10-21(11-5-14)25(23,24)22-12-6-15(7-13-22)20-8-2-1-3-9-20;/h14-15H,1-13H2;1H. The van der Waals surface area contributed by atoms with Crippen LogP contribution in [0.1, 0.15) is 44.9 Å². The summed E-state index contributed by atoms with van der Waals surface area (Å²) in [6.07, 6.45) is 0.857. The van der Waals surface area contributed by atoms with Gasteiger partial charge in [0.2, 0.25) is 0 Å².